The summed E-state index contributed by atoms with van der Waals surface area (Å²) in [6, 6.07) is 5.47. The molecule has 0 bridgehead atoms. The normalized spacial score (nSPS) is 11.0. The lowest BCUT2D eigenvalue weighted by Crippen LogP contribution is -2.22. The number of rotatable bonds is 3. The quantitative estimate of drug-likeness (QED) is 0.717. The van der Waals surface area contributed by atoms with Crippen LogP contribution in [0.3, 0.4) is 0 Å². The molecule has 7 nitrogen and oxygen atoms in total. The van der Waals surface area contributed by atoms with Gasteiger partial charge < -0.3 is 15.5 Å². The standard InChI is InChI=1S/C17H18N4O3/c1-4-24-17(23)13-14(18)11-7-5-6-10(15(11)19-16(13)22)12-8-21(3)20-9(12)2/h5-8H,4H2,1-3H3,(H3,18,19,22). The van der Waals surface area contributed by atoms with Crippen LogP contribution in [0, 0.1) is 6.92 Å². The topological polar surface area (TPSA) is 103 Å². The van der Waals surface area contributed by atoms with Crippen molar-refractivity contribution in [3.05, 3.63) is 46.0 Å². The number of ether oxygens (including phenoxy) is 1. The molecule has 1 aromatic carbocycles. The van der Waals surface area contributed by atoms with Gasteiger partial charge in [-0.15, -0.1) is 0 Å². The van der Waals surface area contributed by atoms with E-state index in [1.807, 2.05) is 32.3 Å². The summed E-state index contributed by atoms with van der Waals surface area (Å²) in [5, 5.41) is 4.92. The predicted molar refractivity (Wildman–Crippen MR) is 91.9 cm³/mol. The number of carbonyl (C=O) groups excluding carboxylic acids is 1. The molecule has 0 spiro atoms. The van der Waals surface area contributed by atoms with Crippen LogP contribution >= 0.6 is 0 Å². The number of aryl methyl sites for hydroxylation is 2. The lowest BCUT2D eigenvalue weighted by molar-refractivity contribution is 0.0526. The summed E-state index contributed by atoms with van der Waals surface area (Å²) in [7, 11) is 1.83. The Balaban J connectivity index is 2.32. The van der Waals surface area contributed by atoms with Crippen molar-refractivity contribution in [3.63, 3.8) is 0 Å². The molecule has 2 aromatic heterocycles. The lowest BCUT2D eigenvalue weighted by Gasteiger charge is -2.11. The van der Waals surface area contributed by atoms with E-state index in [1.165, 1.54) is 0 Å². The maximum absolute atomic E-state index is 12.4. The monoisotopic (exact) mass is 326 g/mol. The number of fused-ring (bicyclic) bond motifs is 1. The first-order valence-electron chi connectivity index (χ1n) is 7.56. The smallest absolute Gasteiger partial charge is 0.345 e. The zero-order valence-electron chi connectivity index (χ0n) is 13.7. The molecular weight excluding hydrogens is 308 g/mol. The van der Waals surface area contributed by atoms with Crippen LogP contribution in [0.15, 0.2) is 29.2 Å². The second-order valence-corrected chi connectivity index (χ2v) is 5.49. The van der Waals surface area contributed by atoms with Crippen molar-refractivity contribution in [2.75, 3.05) is 12.3 Å². The maximum atomic E-state index is 12.4. The molecule has 0 aliphatic heterocycles. The average molecular weight is 326 g/mol. The Kier molecular flexibility index (Phi) is 3.84. The van der Waals surface area contributed by atoms with Crippen molar-refractivity contribution in [1.29, 1.82) is 0 Å². The molecule has 0 saturated heterocycles. The molecule has 3 rings (SSSR count). The number of nitrogens with two attached hydrogens (primary N) is 1. The minimum atomic E-state index is -0.721. The number of hydrogen-bond donors (Lipinski definition) is 2. The Morgan fingerprint density at radius 2 is 2.12 bits per heavy atom. The Bertz CT molecular complexity index is 1000. The fourth-order valence-electron chi connectivity index (χ4n) is 2.84. The van der Waals surface area contributed by atoms with Crippen LogP contribution in [0.25, 0.3) is 22.0 Å². The number of nitrogens with zero attached hydrogens (tertiary/aromatic N) is 2. The summed E-state index contributed by atoms with van der Waals surface area (Å²) >= 11 is 0. The minimum Gasteiger partial charge on any atom is -0.462 e. The summed E-state index contributed by atoms with van der Waals surface area (Å²) in [5.41, 5.74) is 8.59. The van der Waals surface area contributed by atoms with Gasteiger partial charge in [0.2, 0.25) is 0 Å². The van der Waals surface area contributed by atoms with Crippen LogP contribution in [-0.4, -0.2) is 27.3 Å². The molecule has 2 heterocycles. The summed E-state index contributed by atoms with van der Waals surface area (Å²) in [6.45, 7) is 3.74. The number of anilines is 1. The third kappa shape index (κ3) is 2.44. The number of carbonyl (C=O) groups is 1. The Labute approximate surface area is 138 Å². The molecule has 0 aliphatic carbocycles. The van der Waals surface area contributed by atoms with Crippen molar-refractivity contribution in [2.45, 2.75) is 13.8 Å². The van der Waals surface area contributed by atoms with Crippen molar-refractivity contribution in [1.82, 2.24) is 14.8 Å². The van der Waals surface area contributed by atoms with Gasteiger partial charge in [-0.3, -0.25) is 9.48 Å². The van der Waals surface area contributed by atoms with Gasteiger partial charge >= 0.3 is 5.97 Å². The summed E-state index contributed by atoms with van der Waals surface area (Å²) in [5.74, 6) is -0.721. The van der Waals surface area contributed by atoms with E-state index in [-0.39, 0.29) is 17.9 Å². The number of hydrogen-bond acceptors (Lipinski definition) is 5. The third-order valence-electron chi connectivity index (χ3n) is 3.87. The van der Waals surface area contributed by atoms with E-state index in [4.69, 9.17) is 10.5 Å². The highest BCUT2D eigenvalue weighted by Gasteiger charge is 2.20. The minimum absolute atomic E-state index is 0.121. The van der Waals surface area contributed by atoms with E-state index in [1.54, 1.807) is 17.7 Å². The SMILES string of the molecule is CCOC(=O)c1c(N)c2cccc(-c3cn(C)nc3C)c2[nH]c1=O. The van der Waals surface area contributed by atoms with E-state index in [0.29, 0.717) is 10.9 Å². The number of para-hydroxylation sites is 1. The molecule has 3 N–H and O–H groups in total. The second-order valence-electron chi connectivity index (χ2n) is 5.49. The number of aromatic amines is 1. The molecule has 0 amide bonds. The Morgan fingerprint density at radius 3 is 2.75 bits per heavy atom. The van der Waals surface area contributed by atoms with Crippen LogP contribution < -0.4 is 11.3 Å². The molecule has 0 saturated carbocycles. The van der Waals surface area contributed by atoms with Gasteiger partial charge in [0.25, 0.3) is 5.56 Å². The van der Waals surface area contributed by atoms with Crippen molar-refractivity contribution < 1.29 is 9.53 Å². The second kappa shape index (κ2) is 5.84. The van der Waals surface area contributed by atoms with Crippen LogP contribution in [0.1, 0.15) is 23.0 Å². The predicted octanol–water partition coefficient (Wildman–Crippen LogP) is 2.00. The van der Waals surface area contributed by atoms with E-state index >= 15 is 0 Å². The van der Waals surface area contributed by atoms with Gasteiger partial charge in [-0.25, -0.2) is 4.79 Å². The van der Waals surface area contributed by atoms with Gasteiger partial charge in [0.1, 0.15) is 5.56 Å². The first kappa shape index (κ1) is 15.8. The number of H-pyrrole nitrogens is 1. The molecule has 7 heteroatoms. The van der Waals surface area contributed by atoms with E-state index < -0.39 is 11.5 Å². The largest absolute Gasteiger partial charge is 0.462 e. The summed E-state index contributed by atoms with van der Waals surface area (Å²) in [6.07, 6.45) is 1.87. The highest BCUT2D eigenvalue weighted by Crippen LogP contribution is 2.31. The molecule has 0 fully saturated rings. The molecule has 0 aliphatic rings. The molecule has 124 valence electrons. The van der Waals surface area contributed by atoms with Gasteiger partial charge in [0.15, 0.2) is 0 Å². The molecule has 0 atom stereocenters. The van der Waals surface area contributed by atoms with Gasteiger partial charge in [0.05, 0.1) is 23.5 Å². The molecule has 24 heavy (non-hydrogen) atoms. The molecule has 3 aromatic rings. The fourth-order valence-corrected chi connectivity index (χ4v) is 2.84. The summed E-state index contributed by atoms with van der Waals surface area (Å²) < 4.78 is 6.63. The number of pyridine rings is 1. The first-order valence-corrected chi connectivity index (χ1v) is 7.56. The number of esters is 1. The first-order chi connectivity index (χ1) is 11.4. The Hall–Kier alpha value is -3.09. The number of benzene rings is 1. The van der Waals surface area contributed by atoms with Crippen molar-refractivity contribution in [3.8, 4) is 11.1 Å². The van der Waals surface area contributed by atoms with Gasteiger partial charge in [-0.05, 0) is 13.8 Å². The number of nitrogens with one attached hydrogen (secondary N) is 1. The highest BCUT2D eigenvalue weighted by molar-refractivity contribution is 6.07. The van der Waals surface area contributed by atoms with Crippen LogP contribution in [0.2, 0.25) is 0 Å². The number of aromatic nitrogens is 3. The zero-order chi connectivity index (χ0) is 17.4. The van der Waals surface area contributed by atoms with Crippen LogP contribution in [0.5, 0.6) is 0 Å². The lowest BCUT2D eigenvalue weighted by atomic mass is 10.0. The van der Waals surface area contributed by atoms with Gasteiger partial charge in [-0.2, -0.15) is 5.10 Å². The Morgan fingerprint density at radius 1 is 1.38 bits per heavy atom. The third-order valence-corrected chi connectivity index (χ3v) is 3.87. The van der Waals surface area contributed by atoms with E-state index in [9.17, 15) is 9.59 Å². The molecular formula is C17H18N4O3. The molecule has 0 unspecified atom stereocenters. The molecule has 0 radical (unpaired) electrons. The highest BCUT2D eigenvalue weighted by atomic mass is 16.5. The number of nitrogen functional groups attached to an aromatic ring is 1. The van der Waals surface area contributed by atoms with Gasteiger partial charge in [-0.1, -0.05) is 18.2 Å². The fraction of sp³-hybridized carbons (Fsp3) is 0.235. The van der Waals surface area contributed by atoms with Gasteiger partial charge in [0, 0.05) is 29.8 Å². The van der Waals surface area contributed by atoms with Crippen molar-refractivity contribution in [2.24, 2.45) is 7.05 Å². The van der Waals surface area contributed by atoms with Crippen molar-refractivity contribution >= 4 is 22.6 Å². The average Bonchev–Trinajstić information content (AvgIpc) is 2.85. The zero-order valence-corrected chi connectivity index (χ0v) is 13.7. The van der Waals surface area contributed by atoms with E-state index in [0.717, 1.165) is 16.8 Å². The van der Waals surface area contributed by atoms with Crippen LogP contribution in [-0.2, 0) is 11.8 Å². The summed E-state index contributed by atoms with van der Waals surface area (Å²) in [4.78, 5) is 27.2. The van der Waals surface area contributed by atoms with E-state index in [2.05, 4.69) is 10.1 Å². The van der Waals surface area contributed by atoms with Crippen LogP contribution in [0.4, 0.5) is 5.69 Å². The maximum Gasteiger partial charge on any atom is 0.345 e.